The predicted octanol–water partition coefficient (Wildman–Crippen LogP) is 12.1. The van der Waals surface area contributed by atoms with Gasteiger partial charge in [-0.3, -0.25) is 18.6 Å². The lowest BCUT2D eigenvalue weighted by molar-refractivity contribution is -0.161. The van der Waals surface area contributed by atoms with Gasteiger partial charge in [-0.15, -0.1) is 0 Å². The van der Waals surface area contributed by atoms with Crippen molar-refractivity contribution in [2.75, 3.05) is 26.4 Å². The second-order valence-electron chi connectivity index (χ2n) is 14.0. The van der Waals surface area contributed by atoms with E-state index in [9.17, 15) is 24.2 Å². The Morgan fingerprint density at radius 1 is 0.508 bits per heavy atom. The van der Waals surface area contributed by atoms with Gasteiger partial charge < -0.3 is 24.6 Å². The average molecular weight is 869 g/mol. The third-order valence-electron chi connectivity index (χ3n) is 8.32. The summed E-state index contributed by atoms with van der Waals surface area (Å²) in [6.45, 7) is 2.03. The Balaban J connectivity index is 4.56. The molecule has 61 heavy (non-hydrogen) atoms. The van der Waals surface area contributed by atoms with Gasteiger partial charge in [0, 0.05) is 12.8 Å². The van der Waals surface area contributed by atoms with Gasteiger partial charge in [-0.2, -0.15) is 0 Å². The van der Waals surface area contributed by atoms with E-state index < -0.39 is 58.4 Å². The normalized spacial score (nSPS) is 15.0. The Morgan fingerprint density at radius 3 is 1.30 bits per heavy atom. The maximum atomic E-state index is 12.6. The number of unbranched alkanes of at least 4 members (excludes halogenated alkanes) is 3. The second kappa shape index (κ2) is 44.2. The lowest BCUT2D eigenvalue weighted by Crippen LogP contribution is -2.29. The molecule has 0 rings (SSSR count). The Kier molecular flexibility index (Phi) is 41.4. The molecule has 0 aromatic rings. The molecule has 0 heterocycles. The zero-order valence-electron chi connectivity index (χ0n) is 37.1. The summed E-state index contributed by atoms with van der Waals surface area (Å²) < 4.78 is 32.5. The standard InChI is InChI=1S/C50H77O10P/c1-3-5-7-9-11-13-15-17-19-21-23-25-27-29-31-33-35-37-39-41-49(53)57-45-48(46-59-61(55,56)58-44-47(52)43-51)60-50(54)42-40-38-36-34-32-30-28-26-24-22-20-18-16-14-12-10-8-6-4-2/h5,7,11-14,17-20,23-26,29-32,35-38,47-48,51-52H,3-4,6,8-10,15-16,21-22,27-28,33-34,39-46H2,1-2H3,(H,55,56)/b7-5+,13-11+,14-12+,19-17+,20-18+,25-23+,26-24+,31-29+,32-30+,37-35+,38-36+/t47-,48+/m0/s1. The Bertz CT molecular complexity index is 1460. The summed E-state index contributed by atoms with van der Waals surface area (Å²) in [7, 11) is -4.67. The van der Waals surface area contributed by atoms with Gasteiger partial charge in [0.25, 0.3) is 0 Å². The monoisotopic (exact) mass is 869 g/mol. The number of hydrogen-bond acceptors (Lipinski definition) is 9. The molecule has 0 saturated carbocycles. The van der Waals surface area contributed by atoms with Gasteiger partial charge in [-0.1, -0.05) is 160 Å². The Labute approximate surface area is 368 Å². The van der Waals surface area contributed by atoms with Gasteiger partial charge in [0.15, 0.2) is 6.10 Å². The zero-order valence-corrected chi connectivity index (χ0v) is 38.0. The van der Waals surface area contributed by atoms with Crippen molar-refractivity contribution in [1.82, 2.24) is 0 Å². The smallest absolute Gasteiger partial charge is 0.462 e. The van der Waals surface area contributed by atoms with Crippen molar-refractivity contribution in [1.29, 1.82) is 0 Å². The lowest BCUT2D eigenvalue weighted by Gasteiger charge is -2.20. The zero-order chi connectivity index (χ0) is 44.8. The van der Waals surface area contributed by atoms with Crippen LogP contribution < -0.4 is 0 Å². The van der Waals surface area contributed by atoms with Crippen LogP contribution in [-0.2, 0) is 32.7 Å². The van der Waals surface area contributed by atoms with E-state index in [-0.39, 0.29) is 12.8 Å². The first-order chi connectivity index (χ1) is 29.7. The molecule has 0 aliphatic carbocycles. The first-order valence-corrected chi connectivity index (χ1v) is 23.6. The number of carbonyl (C=O) groups is 2. The molecule has 11 heteroatoms. The molecule has 3 N–H and O–H groups in total. The number of carbonyl (C=O) groups excluding carboxylic acids is 2. The van der Waals surface area contributed by atoms with Crippen LogP contribution in [-0.4, -0.2) is 65.7 Å². The number of aliphatic hydroxyl groups excluding tert-OH is 2. The van der Waals surface area contributed by atoms with E-state index in [2.05, 4.69) is 128 Å². The molecular weight excluding hydrogens is 792 g/mol. The highest BCUT2D eigenvalue weighted by Crippen LogP contribution is 2.43. The van der Waals surface area contributed by atoms with Crippen LogP contribution in [0.2, 0.25) is 0 Å². The summed E-state index contributed by atoms with van der Waals surface area (Å²) >= 11 is 0. The molecular formula is C50H77O10P. The Hall–Kier alpha value is -3.89. The van der Waals surface area contributed by atoms with E-state index >= 15 is 0 Å². The molecule has 342 valence electrons. The fraction of sp³-hybridized carbons (Fsp3) is 0.520. The molecule has 0 spiro atoms. The first-order valence-electron chi connectivity index (χ1n) is 22.1. The number of aliphatic hydroxyl groups is 2. The summed E-state index contributed by atoms with van der Waals surface area (Å²) in [5, 5.41) is 18.3. The van der Waals surface area contributed by atoms with Crippen molar-refractivity contribution >= 4 is 19.8 Å². The predicted molar refractivity (Wildman–Crippen MR) is 251 cm³/mol. The minimum absolute atomic E-state index is 0.0359. The summed E-state index contributed by atoms with van der Waals surface area (Å²) in [6, 6.07) is 0. The SMILES string of the molecule is CC/C=C/C/C=C/C/C=C/C/C=C/C/C=C/C/C=C/CCC(=O)OC[C@H](COP(=O)(O)OC[C@@H](O)CO)OC(=O)CC/C=C/C/C=C/C/C=C/C/C=C/C/C=C/CCCCC. The lowest BCUT2D eigenvalue weighted by atomic mass is 10.2. The summed E-state index contributed by atoms with van der Waals surface area (Å²) in [4.78, 5) is 35.0. The summed E-state index contributed by atoms with van der Waals surface area (Å²) in [6.07, 6.45) is 58.7. The molecule has 0 aliphatic rings. The molecule has 0 aromatic carbocycles. The number of allylic oxidation sites excluding steroid dienone is 22. The van der Waals surface area contributed by atoms with Gasteiger partial charge >= 0.3 is 19.8 Å². The van der Waals surface area contributed by atoms with Crippen molar-refractivity contribution in [3.05, 3.63) is 134 Å². The van der Waals surface area contributed by atoms with Crippen molar-refractivity contribution in [2.45, 2.75) is 142 Å². The van der Waals surface area contributed by atoms with Crippen molar-refractivity contribution < 1.29 is 47.8 Å². The van der Waals surface area contributed by atoms with Crippen LogP contribution in [0.1, 0.15) is 129 Å². The van der Waals surface area contributed by atoms with Crippen molar-refractivity contribution in [3.8, 4) is 0 Å². The van der Waals surface area contributed by atoms with Crippen LogP contribution in [0.25, 0.3) is 0 Å². The van der Waals surface area contributed by atoms with Gasteiger partial charge in [-0.05, 0) is 89.9 Å². The summed E-state index contributed by atoms with van der Waals surface area (Å²) in [5.41, 5.74) is 0. The van der Waals surface area contributed by atoms with E-state index in [4.69, 9.17) is 19.1 Å². The number of esters is 2. The topological polar surface area (TPSA) is 149 Å². The number of hydrogen-bond donors (Lipinski definition) is 3. The van der Waals surface area contributed by atoms with Crippen LogP contribution in [0.4, 0.5) is 0 Å². The molecule has 0 fully saturated rings. The largest absolute Gasteiger partial charge is 0.472 e. The van der Waals surface area contributed by atoms with E-state index in [1.807, 2.05) is 24.3 Å². The average Bonchev–Trinajstić information content (AvgIpc) is 3.25. The molecule has 10 nitrogen and oxygen atoms in total. The van der Waals surface area contributed by atoms with E-state index in [0.717, 1.165) is 70.6 Å². The molecule has 0 bridgehead atoms. The maximum Gasteiger partial charge on any atom is 0.472 e. The molecule has 0 aromatic heterocycles. The quantitative estimate of drug-likeness (QED) is 0.0236. The Morgan fingerprint density at radius 2 is 0.885 bits per heavy atom. The summed E-state index contributed by atoms with van der Waals surface area (Å²) in [5.74, 6) is -1.13. The minimum atomic E-state index is -4.67. The maximum absolute atomic E-state index is 12.6. The molecule has 0 amide bonds. The van der Waals surface area contributed by atoms with Gasteiger partial charge in [0.05, 0.1) is 19.8 Å². The fourth-order valence-corrected chi connectivity index (χ4v) is 5.73. The number of ether oxygens (including phenoxy) is 2. The highest BCUT2D eigenvalue weighted by atomic mass is 31.2. The van der Waals surface area contributed by atoms with Gasteiger partial charge in [-0.25, -0.2) is 4.57 Å². The van der Waals surface area contributed by atoms with Crippen LogP contribution in [0.5, 0.6) is 0 Å². The molecule has 3 atom stereocenters. The van der Waals surface area contributed by atoms with Crippen molar-refractivity contribution in [2.24, 2.45) is 0 Å². The van der Waals surface area contributed by atoms with Crippen molar-refractivity contribution in [3.63, 3.8) is 0 Å². The van der Waals surface area contributed by atoms with E-state index in [1.165, 1.54) is 19.3 Å². The third-order valence-corrected chi connectivity index (χ3v) is 9.27. The number of phosphoric acid groups is 1. The van der Waals surface area contributed by atoms with E-state index in [0.29, 0.717) is 12.8 Å². The number of rotatable bonds is 39. The first kappa shape index (κ1) is 57.1. The molecule has 1 unspecified atom stereocenters. The van der Waals surface area contributed by atoms with E-state index in [1.54, 1.807) is 0 Å². The van der Waals surface area contributed by atoms with Crippen LogP contribution in [0.15, 0.2) is 134 Å². The fourth-order valence-electron chi connectivity index (χ4n) is 4.94. The molecule has 0 radical (unpaired) electrons. The highest BCUT2D eigenvalue weighted by Gasteiger charge is 2.27. The number of phosphoric ester groups is 1. The second-order valence-corrected chi connectivity index (χ2v) is 15.4. The molecule has 0 aliphatic heterocycles. The highest BCUT2D eigenvalue weighted by molar-refractivity contribution is 7.47. The van der Waals surface area contributed by atoms with Gasteiger partial charge in [0.1, 0.15) is 12.7 Å². The van der Waals surface area contributed by atoms with Crippen LogP contribution in [0.3, 0.4) is 0 Å². The molecule has 0 saturated heterocycles. The van der Waals surface area contributed by atoms with Gasteiger partial charge in [0.2, 0.25) is 0 Å². The minimum Gasteiger partial charge on any atom is -0.462 e. The van der Waals surface area contributed by atoms with Crippen LogP contribution >= 0.6 is 7.82 Å². The third kappa shape index (κ3) is 44.0. The van der Waals surface area contributed by atoms with Crippen LogP contribution in [0, 0.1) is 0 Å².